The van der Waals surface area contributed by atoms with Crippen LogP contribution < -0.4 is 11.1 Å². The van der Waals surface area contributed by atoms with Crippen LogP contribution in [0, 0.1) is 0 Å². The van der Waals surface area contributed by atoms with Crippen molar-refractivity contribution in [3.8, 4) is 0 Å². The molecule has 0 spiro atoms. The first kappa shape index (κ1) is 11.5. The van der Waals surface area contributed by atoms with Gasteiger partial charge in [-0.15, -0.1) is 0 Å². The summed E-state index contributed by atoms with van der Waals surface area (Å²) in [6, 6.07) is 5.53. The quantitative estimate of drug-likeness (QED) is 0.603. The number of hydrogen-bond donors (Lipinski definition) is 2. The van der Waals surface area contributed by atoms with E-state index in [1.165, 1.54) is 5.75 Å². The molecular formula is C10H15ClN2S. The SMILES string of the molecule is CSCCCNc1ccc(N)cc1Cl. The van der Waals surface area contributed by atoms with Gasteiger partial charge in [-0.3, -0.25) is 0 Å². The molecule has 0 amide bonds. The second-order valence-corrected chi connectivity index (χ2v) is 4.41. The normalized spacial score (nSPS) is 10.1. The lowest BCUT2D eigenvalue weighted by atomic mass is 10.3. The van der Waals surface area contributed by atoms with Crippen molar-refractivity contribution in [3.63, 3.8) is 0 Å². The fourth-order valence-corrected chi connectivity index (χ4v) is 1.80. The Kier molecular flexibility index (Phi) is 4.98. The van der Waals surface area contributed by atoms with Crippen molar-refractivity contribution >= 4 is 34.7 Å². The first-order valence-electron chi connectivity index (χ1n) is 4.52. The predicted molar refractivity (Wildman–Crippen MR) is 67.4 cm³/mol. The molecular weight excluding hydrogens is 216 g/mol. The number of rotatable bonds is 5. The van der Waals surface area contributed by atoms with Gasteiger partial charge < -0.3 is 11.1 Å². The van der Waals surface area contributed by atoms with Crippen LogP contribution in [-0.2, 0) is 0 Å². The maximum absolute atomic E-state index is 5.99. The van der Waals surface area contributed by atoms with Crippen LogP contribution in [0.5, 0.6) is 0 Å². The number of halogens is 1. The molecule has 78 valence electrons. The van der Waals surface area contributed by atoms with E-state index in [2.05, 4.69) is 11.6 Å². The van der Waals surface area contributed by atoms with Gasteiger partial charge in [0.2, 0.25) is 0 Å². The zero-order valence-corrected chi connectivity index (χ0v) is 9.79. The van der Waals surface area contributed by atoms with Gasteiger partial charge in [0.25, 0.3) is 0 Å². The van der Waals surface area contributed by atoms with Crippen LogP contribution in [0.1, 0.15) is 6.42 Å². The molecule has 3 N–H and O–H groups in total. The molecule has 0 bridgehead atoms. The van der Waals surface area contributed by atoms with Crippen LogP contribution in [0.3, 0.4) is 0 Å². The molecule has 0 aromatic heterocycles. The summed E-state index contributed by atoms with van der Waals surface area (Å²) in [5.74, 6) is 1.17. The largest absolute Gasteiger partial charge is 0.399 e. The molecule has 1 aromatic carbocycles. The highest BCUT2D eigenvalue weighted by atomic mass is 35.5. The topological polar surface area (TPSA) is 38.0 Å². The van der Waals surface area contributed by atoms with Gasteiger partial charge in [0.1, 0.15) is 0 Å². The highest BCUT2D eigenvalue weighted by molar-refractivity contribution is 7.98. The van der Waals surface area contributed by atoms with Crippen molar-refractivity contribution in [2.45, 2.75) is 6.42 Å². The van der Waals surface area contributed by atoms with Crippen LogP contribution in [-0.4, -0.2) is 18.6 Å². The lowest BCUT2D eigenvalue weighted by Gasteiger charge is -2.08. The third kappa shape index (κ3) is 3.68. The first-order chi connectivity index (χ1) is 6.74. The summed E-state index contributed by atoms with van der Waals surface area (Å²) < 4.78 is 0. The van der Waals surface area contributed by atoms with Gasteiger partial charge in [0.15, 0.2) is 0 Å². The summed E-state index contributed by atoms with van der Waals surface area (Å²) in [5, 5.41) is 3.96. The fourth-order valence-electron chi connectivity index (χ4n) is 1.11. The number of nitrogen functional groups attached to an aromatic ring is 1. The van der Waals surface area contributed by atoms with Gasteiger partial charge in [-0.05, 0) is 36.6 Å². The Hall–Kier alpha value is -0.540. The third-order valence-electron chi connectivity index (χ3n) is 1.83. The molecule has 0 heterocycles. The Morgan fingerprint density at radius 3 is 2.93 bits per heavy atom. The number of nitrogens with one attached hydrogen (secondary N) is 1. The molecule has 0 aliphatic rings. The Bertz CT molecular complexity index is 291. The minimum Gasteiger partial charge on any atom is -0.399 e. The van der Waals surface area contributed by atoms with Gasteiger partial charge in [-0.1, -0.05) is 11.6 Å². The fraction of sp³-hybridized carbons (Fsp3) is 0.400. The highest BCUT2D eigenvalue weighted by Gasteiger charge is 1.98. The maximum atomic E-state index is 5.99. The van der Waals surface area contributed by atoms with Crippen molar-refractivity contribution < 1.29 is 0 Å². The molecule has 14 heavy (non-hydrogen) atoms. The van der Waals surface area contributed by atoms with E-state index in [1.807, 2.05) is 23.9 Å². The average molecular weight is 231 g/mol. The molecule has 0 saturated heterocycles. The minimum absolute atomic E-state index is 0.689. The van der Waals surface area contributed by atoms with E-state index in [0.717, 1.165) is 18.7 Å². The van der Waals surface area contributed by atoms with E-state index in [9.17, 15) is 0 Å². The Morgan fingerprint density at radius 2 is 2.29 bits per heavy atom. The van der Waals surface area contributed by atoms with Crippen LogP contribution in [0.4, 0.5) is 11.4 Å². The molecule has 0 fully saturated rings. The minimum atomic E-state index is 0.689. The van der Waals surface area contributed by atoms with Crippen molar-refractivity contribution in [3.05, 3.63) is 23.2 Å². The van der Waals surface area contributed by atoms with Crippen LogP contribution >= 0.6 is 23.4 Å². The molecule has 0 radical (unpaired) electrons. The molecule has 2 nitrogen and oxygen atoms in total. The summed E-state index contributed by atoms with van der Waals surface area (Å²) in [7, 11) is 0. The van der Waals surface area contributed by atoms with Crippen LogP contribution in [0.15, 0.2) is 18.2 Å². The van der Waals surface area contributed by atoms with Gasteiger partial charge in [-0.25, -0.2) is 0 Å². The zero-order chi connectivity index (χ0) is 10.4. The number of hydrogen-bond acceptors (Lipinski definition) is 3. The molecule has 0 unspecified atom stereocenters. The second-order valence-electron chi connectivity index (χ2n) is 3.01. The summed E-state index contributed by atoms with van der Waals surface area (Å²) in [5.41, 5.74) is 7.25. The first-order valence-corrected chi connectivity index (χ1v) is 6.29. The summed E-state index contributed by atoms with van der Waals surface area (Å²) in [4.78, 5) is 0. The van der Waals surface area contributed by atoms with Crippen molar-refractivity contribution in [2.75, 3.05) is 29.6 Å². The van der Waals surface area contributed by atoms with Crippen molar-refractivity contribution in [1.82, 2.24) is 0 Å². The van der Waals surface area contributed by atoms with E-state index < -0.39 is 0 Å². The number of benzene rings is 1. The standard InChI is InChI=1S/C10H15ClN2S/c1-14-6-2-5-13-10-4-3-8(12)7-9(10)11/h3-4,7,13H,2,5-6,12H2,1H3. The molecule has 0 aliphatic heterocycles. The average Bonchev–Trinajstić information content (AvgIpc) is 2.15. The Balaban J connectivity index is 2.42. The second kappa shape index (κ2) is 6.04. The van der Waals surface area contributed by atoms with Gasteiger partial charge in [-0.2, -0.15) is 11.8 Å². The Labute approximate surface area is 94.2 Å². The molecule has 1 rings (SSSR count). The van der Waals surface area contributed by atoms with E-state index in [-0.39, 0.29) is 0 Å². The molecule has 0 saturated carbocycles. The number of thioether (sulfide) groups is 1. The molecule has 4 heteroatoms. The Morgan fingerprint density at radius 1 is 1.50 bits per heavy atom. The van der Waals surface area contributed by atoms with Gasteiger partial charge >= 0.3 is 0 Å². The lowest BCUT2D eigenvalue weighted by molar-refractivity contribution is 0.993. The van der Waals surface area contributed by atoms with Gasteiger partial charge in [0, 0.05) is 12.2 Å². The highest BCUT2D eigenvalue weighted by Crippen LogP contribution is 2.23. The zero-order valence-electron chi connectivity index (χ0n) is 8.22. The van der Waals surface area contributed by atoms with Crippen LogP contribution in [0.25, 0.3) is 0 Å². The monoisotopic (exact) mass is 230 g/mol. The van der Waals surface area contributed by atoms with E-state index in [1.54, 1.807) is 6.07 Å². The van der Waals surface area contributed by atoms with Gasteiger partial charge in [0.05, 0.1) is 10.7 Å². The smallest absolute Gasteiger partial charge is 0.0657 e. The summed E-state index contributed by atoms with van der Waals surface area (Å²) in [6.45, 7) is 0.949. The predicted octanol–water partition coefficient (Wildman–Crippen LogP) is 3.09. The summed E-state index contributed by atoms with van der Waals surface area (Å²) in [6.07, 6.45) is 3.25. The lowest BCUT2D eigenvalue weighted by Crippen LogP contribution is -2.03. The summed E-state index contributed by atoms with van der Waals surface area (Å²) >= 11 is 7.85. The van der Waals surface area contributed by atoms with Crippen LogP contribution in [0.2, 0.25) is 5.02 Å². The van der Waals surface area contributed by atoms with Crippen molar-refractivity contribution in [1.29, 1.82) is 0 Å². The van der Waals surface area contributed by atoms with E-state index in [0.29, 0.717) is 10.7 Å². The number of anilines is 2. The third-order valence-corrected chi connectivity index (χ3v) is 2.84. The van der Waals surface area contributed by atoms with E-state index in [4.69, 9.17) is 17.3 Å². The molecule has 0 atom stereocenters. The number of nitrogens with two attached hydrogens (primary N) is 1. The van der Waals surface area contributed by atoms with Crippen molar-refractivity contribution in [2.24, 2.45) is 0 Å². The maximum Gasteiger partial charge on any atom is 0.0657 e. The molecule has 0 aliphatic carbocycles. The van der Waals surface area contributed by atoms with E-state index >= 15 is 0 Å². The molecule has 1 aromatic rings.